The average Bonchev–Trinajstić information content (AvgIpc) is 3.00. The molecule has 2 saturated heterocycles. The predicted octanol–water partition coefficient (Wildman–Crippen LogP) is -2.35. The molecular formula is C28H30O18. The molecular weight excluding hydrogens is 624 g/mol. The van der Waals surface area contributed by atoms with Crippen molar-refractivity contribution in [1.82, 2.24) is 0 Å². The van der Waals surface area contributed by atoms with Crippen molar-refractivity contribution in [2.75, 3.05) is 7.11 Å². The van der Waals surface area contributed by atoms with Crippen LogP contribution in [-0.2, 0) is 19.1 Å². The first-order valence-corrected chi connectivity index (χ1v) is 13.6. The number of fused-ring (bicyclic) bond motifs is 1. The molecule has 0 spiro atoms. The van der Waals surface area contributed by atoms with Gasteiger partial charge < -0.3 is 74.4 Å². The number of carboxylic acids is 2. The molecule has 3 aliphatic rings. The SMILES string of the molecule is COc1cc(C2CC(=O)c3c(O)cc(O[C@@H]4O[C@H](C(=O)O)[C@@H](O)[C@H](O)[C@H]4O)cc3O2)ccc1O[C@@H]1O[C@H](C(=O)O)[C@@H](O)[C@H](O)[C@H]1O. The summed E-state index contributed by atoms with van der Waals surface area (Å²) < 4.78 is 32.6. The number of hydrogen-bond acceptors (Lipinski definition) is 16. The van der Waals surface area contributed by atoms with Gasteiger partial charge in [-0.25, -0.2) is 9.59 Å². The summed E-state index contributed by atoms with van der Waals surface area (Å²) in [7, 11) is 1.26. The van der Waals surface area contributed by atoms with Crippen molar-refractivity contribution in [3.05, 3.63) is 41.5 Å². The lowest BCUT2D eigenvalue weighted by Crippen LogP contribution is -2.61. The number of ether oxygens (including phenoxy) is 6. The number of ketones is 1. The van der Waals surface area contributed by atoms with Gasteiger partial charge in [0, 0.05) is 12.1 Å². The normalized spacial score (nSPS) is 34.2. The summed E-state index contributed by atoms with van der Waals surface area (Å²) in [4.78, 5) is 35.9. The summed E-state index contributed by atoms with van der Waals surface area (Å²) in [6.45, 7) is 0. The number of phenols is 1. The fourth-order valence-electron chi connectivity index (χ4n) is 5.21. The molecule has 250 valence electrons. The smallest absolute Gasteiger partial charge is 0.335 e. The van der Waals surface area contributed by atoms with Crippen LogP contribution in [0.3, 0.4) is 0 Å². The van der Waals surface area contributed by atoms with Crippen LogP contribution < -0.4 is 18.9 Å². The Bertz CT molecular complexity index is 1500. The minimum Gasteiger partial charge on any atom is -0.507 e. The molecule has 2 aromatic carbocycles. The van der Waals surface area contributed by atoms with Crippen molar-refractivity contribution in [2.24, 2.45) is 0 Å². The number of aliphatic hydroxyl groups excluding tert-OH is 6. The summed E-state index contributed by atoms with van der Waals surface area (Å²) in [5.41, 5.74) is 0.155. The number of rotatable bonds is 8. The Kier molecular flexibility index (Phi) is 9.25. The van der Waals surface area contributed by atoms with E-state index in [1.807, 2.05) is 0 Å². The minimum absolute atomic E-state index is 0.0136. The second kappa shape index (κ2) is 12.9. The third kappa shape index (κ3) is 6.11. The van der Waals surface area contributed by atoms with E-state index in [2.05, 4.69) is 0 Å². The molecule has 0 aromatic heterocycles. The van der Waals surface area contributed by atoms with Gasteiger partial charge in [0.1, 0.15) is 65.5 Å². The lowest BCUT2D eigenvalue weighted by molar-refractivity contribution is -0.271. The molecule has 18 heteroatoms. The molecule has 3 aliphatic heterocycles. The average molecular weight is 655 g/mol. The summed E-state index contributed by atoms with van der Waals surface area (Å²) in [5.74, 6) is -4.82. The summed E-state index contributed by atoms with van der Waals surface area (Å²) in [6, 6.07) is 6.33. The number of carbonyl (C=O) groups is 3. The molecule has 0 amide bonds. The molecule has 9 N–H and O–H groups in total. The van der Waals surface area contributed by atoms with Crippen molar-refractivity contribution < 1.29 is 88.8 Å². The van der Waals surface area contributed by atoms with E-state index in [1.165, 1.54) is 25.3 Å². The van der Waals surface area contributed by atoms with Crippen LogP contribution in [0.2, 0.25) is 0 Å². The van der Waals surface area contributed by atoms with Crippen LogP contribution >= 0.6 is 0 Å². The molecule has 2 aromatic rings. The van der Waals surface area contributed by atoms with Gasteiger partial charge in [-0.05, 0) is 17.7 Å². The Labute approximate surface area is 258 Å². The second-order valence-corrected chi connectivity index (χ2v) is 10.7. The summed E-state index contributed by atoms with van der Waals surface area (Å²) >= 11 is 0. The van der Waals surface area contributed by atoms with Gasteiger partial charge in [-0.3, -0.25) is 4.79 Å². The Hall–Kier alpha value is -4.27. The summed E-state index contributed by atoms with van der Waals surface area (Å²) in [5, 5.41) is 89.5. The topological polar surface area (TPSA) is 289 Å². The largest absolute Gasteiger partial charge is 0.507 e. The maximum Gasteiger partial charge on any atom is 0.335 e. The summed E-state index contributed by atoms with van der Waals surface area (Å²) in [6.07, 6.45) is -20.1. The lowest BCUT2D eigenvalue weighted by atomic mass is 9.95. The number of benzene rings is 2. The van der Waals surface area contributed by atoms with E-state index in [0.29, 0.717) is 5.56 Å². The zero-order valence-corrected chi connectivity index (χ0v) is 23.6. The number of carboxylic acid groups (broad SMARTS) is 2. The van der Waals surface area contributed by atoms with Gasteiger partial charge in [0.15, 0.2) is 29.5 Å². The third-order valence-corrected chi connectivity index (χ3v) is 7.65. The fraction of sp³-hybridized carbons (Fsp3) is 0.464. The Morgan fingerprint density at radius 2 is 1.33 bits per heavy atom. The quantitative estimate of drug-likeness (QED) is 0.144. The van der Waals surface area contributed by atoms with Gasteiger partial charge >= 0.3 is 11.9 Å². The molecule has 18 nitrogen and oxygen atoms in total. The van der Waals surface area contributed by atoms with Crippen LogP contribution in [0.25, 0.3) is 0 Å². The van der Waals surface area contributed by atoms with Crippen LogP contribution in [0, 0.1) is 0 Å². The highest BCUT2D eigenvalue weighted by molar-refractivity contribution is 6.02. The molecule has 11 atom stereocenters. The maximum atomic E-state index is 13.0. The van der Waals surface area contributed by atoms with Gasteiger partial charge in [-0.2, -0.15) is 0 Å². The van der Waals surface area contributed by atoms with E-state index in [1.54, 1.807) is 0 Å². The number of aliphatic hydroxyl groups is 6. The molecule has 2 fully saturated rings. The number of carbonyl (C=O) groups excluding carboxylic acids is 1. The van der Waals surface area contributed by atoms with Gasteiger partial charge in [0.2, 0.25) is 12.6 Å². The van der Waals surface area contributed by atoms with Crippen LogP contribution in [0.1, 0.15) is 28.4 Å². The lowest BCUT2D eigenvalue weighted by Gasteiger charge is -2.38. The third-order valence-electron chi connectivity index (χ3n) is 7.65. The van der Waals surface area contributed by atoms with E-state index < -0.39 is 91.0 Å². The first-order valence-electron chi connectivity index (χ1n) is 13.6. The second-order valence-electron chi connectivity index (χ2n) is 10.7. The molecule has 0 radical (unpaired) electrons. The fourth-order valence-corrected chi connectivity index (χ4v) is 5.21. The monoisotopic (exact) mass is 654 g/mol. The number of methoxy groups -OCH3 is 1. The molecule has 0 aliphatic carbocycles. The zero-order valence-electron chi connectivity index (χ0n) is 23.6. The van der Waals surface area contributed by atoms with E-state index in [4.69, 9.17) is 28.4 Å². The number of phenolic OH excluding ortho intramolecular Hbond substituents is 1. The standard InChI is InChI=1S/C28H30O18/c1-41-14-4-8(2-3-12(14)44-28-22(36)18(32)20(34)24(46-28)26(39)40)13-7-11(30)16-10(29)5-9(6-15(16)43-13)42-27-21(35)17(31)19(33)23(45-27)25(37)38/h2-6,13,17-24,27-29,31-36H,7H2,1H3,(H,37,38)(H,39,40)/t13?,17-,18-,19-,20-,21+,22+,23-,24-,27+,28+/m0/s1. The van der Waals surface area contributed by atoms with Crippen molar-refractivity contribution in [1.29, 1.82) is 0 Å². The van der Waals surface area contributed by atoms with Crippen molar-refractivity contribution in [3.63, 3.8) is 0 Å². The van der Waals surface area contributed by atoms with Gasteiger partial charge in [0.25, 0.3) is 0 Å². The Balaban J connectivity index is 1.36. The predicted molar refractivity (Wildman–Crippen MR) is 143 cm³/mol. The number of hydrogen-bond donors (Lipinski definition) is 9. The van der Waals surface area contributed by atoms with Crippen LogP contribution in [0.15, 0.2) is 30.3 Å². The molecule has 5 rings (SSSR count). The van der Waals surface area contributed by atoms with Crippen molar-refractivity contribution in [3.8, 4) is 28.7 Å². The number of aromatic hydroxyl groups is 1. The first-order chi connectivity index (χ1) is 21.7. The highest BCUT2D eigenvalue weighted by atomic mass is 16.7. The van der Waals surface area contributed by atoms with Crippen LogP contribution in [-0.4, -0.2) is 132 Å². The van der Waals surface area contributed by atoms with E-state index in [9.17, 15) is 60.3 Å². The molecule has 0 bridgehead atoms. The van der Waals surface area contributed by atoms with E-state index in [0.717, 1.165) is 12.1 Å². The van der Waals surface area contributed by atoms with E-state index >= 15 is 0 Å². The van der Waals surface area contributed by atoms with Crippen molar-refractivity contribution in [2.45, 2.75) is 73.9 Å². The number of Topliss-reactive ketones (excluding diaryl/α,β-unsaturated/α-hetero) is 1. The molecule has 0 saturated carbocycles. The minimum atomic E-state index is -1.96. The molecule has 3 heterocycles. The first kappa shape index (κ1) is 33.1. The maximum absolute atomic E-state index is 13.0. The van der Waals surface area contributed by atoms with Gasteiger partial charge in [-0.1, -0.05) is 6.07 Å². The van der Waals surface area contributed by atoms with Crippen LogP contribution in [0.5, 0.6) is 28.7 Å². The van der Waals surface area contributed by atoms with Crippen LogP contribution in [0.4, 0.5) is 0 Å². The van der Waals surface area contributed by atoms with E-state index in [-0.39, 0.29) is 35.0 Å². The molecule has 46 heavy (non-hydrogen) atoms. The Morgan fingerprint density at radius 1 is 0.761 bits per heavy atom. The Morgan fingerprint density at radius 3 is 1.87 bits per heavy atom. The molecule has 1 unspecified atom stereocenters. The van der Waals surface area contributed by atoms with Crippen molar-refractivity contribution >= 4 is 17.7 Å². The highest BCUT2D eigenvalue weighted by Gasteiger charge is 2.49. The van der Waals surface area contributed by atoms with Gasteiger partial charge in [0.05, 0.1) is 13.5 Å². The van der Waals surface area contributed by atoms with Gasteiger partial charge in [-0.15, -0.1) is 0 Å². The highest BCUT2D eigenvalue weighted by Crippen LogP contribution is 2.44. The zero-order chi connectivity index (χ0) is 33.6. The number of aliphatic carboxylic acids is 2.